The normalized spacial score (nSPS) is 41.4. The number of carboxylic acid groups (broad SMARTS) is 1. The number of rotatable bonds is 6. The molecule has 0 aliphatic heterocycles. The maximum absolute atomic E-state index is 12.9. The molecule has 4 saturated carbocycles. The van der Waals surface area contributed by atoms with Crippen LogP contribution >= 0.6 is 0 Å². The lowest BCUT2D eigenvalue weighted by Gasteiger charge is -2.58. The predicted octanol–water partition coefficient (Wildman–Crippen LogP) is 3.40. The fourth-order valence-corrected chi connectivity index (χ4v) is 6.28. The van der Waals surface area contributed by atoms with E-state index < -0.39 is 17.0 Å². The van der Waals surface area contributed by atoms with E-state index in [9.17, 15) is 14.7 Å². The zero-order chi connectivity index (χ0) is 18.3. The number of carbonyl (C=O) groups is 2. The third-order valence-electron chi connectivity index (χ3n) is 7.62. The number of aliphatic carboxylic acids is 1. The number of hydrogen-bond acceptors (Lipinski definition) is 4. The van der Waals surface area contributed by atoms with E-state index >= 15 is 0 Å². The molecule has 0 aromatic rings. The summed E-state index contributed by atoms with van der Waals surface area (Å²) < 4.78 is 11.8. The molecule has 0 aromatic carbocycles. The van der Waals surface area contributed by atoms with E-state index in [-0.39, 0.29) is 23.6 Å². The average Bonchev–Trinajstić information content (AvgIpc) is 2.81. The van der Waals surface area contributed by atoms with Crippen molar-refractivity contribution in [1.82, 2.24) is 0 Å². The Kier molecular flexibility index (Phi) is 3.46. The molecule has 0 heterocycles. The molecule has 5 unspecified atom stereocenters. The second-order valence-electron chi connectivity index (χ2n) is 10.2. The topological polar surface area (TPSA) is 72.8 Å². The van der Waals surface area contributed by atoms with Crippen LogP contribution in [0.5, 0.6) is 0 Å². The number of carboxylic acids is 1. The number of ether oxygens (including phenoxy) is 2. The monoisotopic (exact) mass is 350 g/mol. The van der Waals surface area contributed by atoms with Crippen molar-refractivity contribution in [2.45, 2.75) is 77.4 Å². The fraction of sp³-hybridized carbons (Fsp3) is 0.900. The van der Waals surface area contributed by atoms with Gasteiger partial charge in [0.05, 0.1) is 12.0 Å². The summed E-state index contributed by atoms with van der Waals surface area (Å²) in [6.45, 7) is 6.63. The second-order valence-corrected chi connectivity index (χ2v) is 10.2. The summed E-state index contributed by atoms with van der Waals surface area (Å²) in [6, 6.07) is 0. The van der Waals surface area contributed by atoms with Crippen LogP contribution in [0.25, 0.3) is 0 Å². The van der Waals surface area contributed by atoms with E-state index in [0.717, 1.165) is 30.6 Å². The number of esters is 1. The average molecular weight is 350 g/mol. The van der Waals surface area contributed by atoms with E-state index in [1.54, 1.807) is 13.8 Å². The third-order valence-corrected chi connectivity index (χ3v) is 7.62. The van der Waals surface area contributed by atoms with Crippen LogP contribution in [0.2, 0.25) is 0 Å². The quantitative estimate of drug-likeness (QED) is 0.743. The first-order chi connectivity index (χ1) is 11.5. The van der Waals surface area contributed by atoms with Crippen LogP contribution in [0.3, 0.4) is 0 Å². The van der Waals surface area contributed by atoms with Crippen molar-refractivity contribution in [3.63, 3.8) is 0 Å². The van der Waals surface area contributed by atoms with Gasteiger partial charge in [-0.2, -0.15) is 0 Å². The Morgan fingerprint density at radius 1 is 1.04 bits per heavy atom. The Labute approximate surface area is 149 Å². The molecule has 140 valence electrons. The Hall–Kier alpha value is -1.10. The van der Waals surface area contributed by atoms with Gasteiger partial charge in [-0.1, -0.05) is 0 Å². The van der Waals surface area contributed by atoms with Crippen molar-refractivity contribution in [2.24, 2.45) is 28.6 Å². The van der Waals surface area contributed by atoms with Crippen molar-refractivity contribution in [3.05, 3.63) is 0 Å². The maximum Gasteiger partial charge on any atom is 0.335 e. The van der Waals surface area contributed by atoms with Crippen molar-refractivity contribution < 1.29 is 24.2 Å². The molecule has 4 fully saturated rings. The van der Waals surface area contributed by atoms with Crippen LogP contribution in [-0.4, -0.2) is 34.9 Å². The summed E-state index contributed by atoms with van der Waals surface area (Å²) in [7, 11) is 0. The number of carbonyl (C=O) groups excluding carboxylic acids is 1. The van der Waals surface area contributed by atoms with Crippen molar-refractivity contribution in [2.75, 3.05) is 6.61 Å². The highest BCUT2D eigenvalue weighted by Gasteiger charge is 2.76. The summed E-state index contributed by atoms with van der Waals surface area (Å²) >= 11 is 0. The van der Waals surface area contributed by atoms with Gasteiger partial charge in [0.15, 0.2) is 5.60 Å². The van der Waals surface area contributed by atoms with E-state index in [4.69, 9.17) is 9.47 Å². The van der Waals surface area contributed by atoms with Crippen molar-refractivity contribution in [1.29, 1.82) is 0 Å². The van der Waals surface area contributed by atoms with Gasteiger partial charge in [0, 0.05) is 5.41 Å². The first kappa shape index (κ1) is 17.3. The molecule has 3 bridgehead atoms. The van der Waals surface area contributed by atoms with E-state index in [1.807, 2.05) is 0 Å². The standard InChI is InChI=1S/C20H30O5/c1-17(2,11-24-18(3,4)15(21)22)16(23)25-20-9-13-5-12-6-14(10-20)19(20,7-12)8-13/h12-14H,5-11H2,1-4H3,(H,21,22). The molecule has 0 amide bonds. The molecule has 1 N–H and O–H groups in total. The lowest BCUT2D eigenvalue weighted by molar-refractivity contribution is -0.226. The van der Waals surface area contributed by atoms with Crippen molar-refractivity contribution >= 4 is 11.9 Å². The van der Waals surface area contributed by atoms with Gasteiger partial charge in [0.25, 0.3) is 0 Å². The van der Waals surface area contributed by atoms with Crippen LogP contribution in [0.1, 0.15) is 66.2 Å². The molecule has 1 spiro atoms. The van der Waals surface area contributed by atoms with Gasteiger partial charge in [-0.15, -0.1) is 0 Å². The van der Waals surface area contributed by atoms with Gasteiger partial charge in [-0.25, -0.2) is 4.79 Å². The largest absolute Gasteiger partial charge is 0.479 e. The van der Waals surface area contributed by atoms with Gasteiger partial charge in [0.1, 0.15) is 5.60 Å². The molecular formula is C20H30O5. The summed E-state index contributed by atoms with van der Waals surface area (Å²) in [5.74, 6) is 1.06. The molecular weight excluding hydrogens is 320 g/mol. The highest BCUT2D eigenvalue weighted by atomic mass is 16.6. The SMILES string of the molecule is CC(C)(COC(C)(C)C(=O)O)C(=O)OC12CC3CC4CC(C1)C2(C4)C3. The molecule has 0 radical (unpaired) electrons. The molecule has 4 rings (SSSR count). The molecule has 4 aliphatic rings. The molecule has 5 heteroatoms. The fourth-order valence-electron chi connectivity index (χ4n) is 6.28. The Morgan fingerprint density at radius 2 is 1.72 bits per heavy atom. The molecule has 0 saturated heterocycles. The van der Waals surface area contributed by atoms with Gasteiger partial charge in [0.2, 0.25) is 0 Å². The van der Waals surface area contributed by atoms with Crippen LogP contribution in [-0.2, 0) is 19.1 Å². The minimum atomic E-state index is -1.31. The second kappa shape index (κ2) is 4.99. The van der Waals surface area contributed by atoms with Gasteiger partial charge >= 0.3 is 11.9 Å². The molecule has 5 atom stereocenters. The summed E-state index contributed by atoms with van der Waals surface area (Å²) in [5, 5.41) is 9.19. The number of fused-ring (bicyclic) bond motifs is 2. The van der Waals surface area contributed by atoms with Gasteiger partial charge in [-0.3, -0.25) is 4.79 Å². The third kappa shape index (κ3) is 2.30. The van der Waals surface area contributed by atoms with E-state index in [2.05, 4.69) is 0 Å². The zero-order valence-corrected chi connectivity index (χ0v) is 15.8. The summed E-state index contributed by atoms with van der Waals surface area (Å²) in [6.07, 6.45) is 7.19. The van der Waals surface area contributed by atoms with Crippen molar-refractivity contribution in [3.8, 4) is 0 Å². The first-order valence-corrected chi connectivity index (χ1v) is 9.61. The molecule has 25 heavy (non-hydrogen) atoms. The zero-order valence-electron chi connectivity index (χ0n) is 15.8. The Balaban J connectivity index is 1.45. The minimum Gasteiger partial charge on any atom is -0.479 e. The van der Waals surface area contributed by atoms with E-state index in [0.29, 0.717) is 0 Å². The molecule has 0 aromatic heterocycles. The minimum absolute atomic E-state index is 0.0453. The summed E-state index contributed by atoms with van der Waals surface area (Å²) in [5.41, 5.74) is -2.14. The highest BCUT2D eigenvalue weighted by Crippen LogP contribution is 2.78. The predicted molar refractivity (Wildman–Crippen MR) is 90.9 cm³/mol. The lowest BCUT2D eigenvalue weighted by Crippen LogP contribution is -2.61. The van der Waals surface area contributed by atoms with Crippen LogP contribution in [0.15, 0.2) is 0 Å². The van der Waals surface area contributed by atoms with Gasteiger partial charge in [-0.05, 0) is 84.0 Å². The molecule has 5 nitrogen and oxygen atoms in total. The highest BCUT2D eigenvalue weighted by molar-refractivity contribution is 5.78. The summed E-state index contributed by atoms with van der Waals surface area (Å²) in [4.78, 5) is 24.2. The number of hydrogen-bond donors (Lipinski definition) is 1. The van der Waals surface area contributed by atoms with Crippen LogP contribution < -0.4 is 0 Å². The lowest BCUT2D eigenvalue weighted by atomic mass is 9.52. The molecule has 4 aliphatic carbocycles. The van der Waals surface area contributed by atoms with Crippen LogP contribution in [0, 0.1) is 28.6 Å². The van der Waals surface area contributed by atoms with Crippen LogP contribution in [0.4, 0.5) is 0 Å². The maximum atomic E-state index is 12.9. The Bertz CT molecular complexity index is 618. The van der Waals surface area contributed by atoms with Gasteiger partial charge < -0.3 is 14.6 Å². The smallest absolute Gasteiger partial charge is 0.335 e. The first-order valence-electron chi connectivity index (χ1n) is 9.61. The Morgan fingerprint density at radius 3 is 2.40 bits per heavy atom. The van der Waals surface area contributed by atoms with E-state index in [1.165, 1.54) is 39.5 Å².